The lowest BCUT2D eigenvalue weighted by Gasteiger charge is -2.23. The summed E-state index contributed by atoms with van der Waals surface area (Å²) in [6, 6.07) is 14.9. The van der Waals surface area contributed by atoms with Crippen LogP contribution in [0.3, 0.4) is 0 Å². The van der Waals surface area contributed by atoms with Gasteiger partial charge in [-0.3, -0.25) is 18.9 Å². The first-order valence-corrected chi connectivity index (χ1v) is 11.8. The van der Waals surface area contributed by atoms with Crippen molar-refractivity contribution < 1.29 is 9.53 Å². The Morgan fingerprint density at radius 3 is 2.70 bits per heavy atom. The summed E-state index contributed by atoms with van der Waals surface area (Å²) in [7, 11) is 1.64. The number of carbonyl (C=O) groups excluding carboxylic acids is 1. The summed E-state index contributed by atoms with van der Waals surface area (Å²) >= 11 is 6.73. The fourth-order valence-electron chi connectivity index (χ4n) is 3.62. The first-order chi connectivity index (χ1) is 16.0. The SMILES string of the molecule is COCCCNc1nc2ccccn2c(=O)c1/C=C1\SC(=S)N(C(C)c2ccccc2)C1=O. The van der Waals surface area contributed by atoms with E-state index in [1.54, 1.807) is 36.4 Å². The first-order valence-electron chi connectivity index (χ1n) is 10.6. The van der Waals surface area contributed by atoms with Crippen molar-refractivity contribution >= 4 is 51.7 Å². The summed E-state index contributed by atoms with van der Waals surface area (Å²) in [5.41, 5.74) is 1.59. The number of nitrogens with one attached hydrogen (secondary N) is 1. The monoisotopic (exact) mass is 480 g/mol. The van der Waals surface area contributed by atoms with Crippen molar-refractivity contribution in [2.24, 2.45) is 0 Å². The van der Waals surface area contributed by atoms with Crippen LogP contribution in [0.2, 0.25) is 0 Å². The van der Waals surface area contributed by atoms with E-state index in [0.717, 1.165) is 12.0 Å². The van der Waals surface area contributed by atoms with E-state index in [4.69, 9.17) is 17.0 Å². The van der Waals surface area contributed by atoms with Crippen LogP contribution in [0, 0.1) is 0 Å². The Morgan fingerprint density at radius 2 is 1.94 bits per heavy atom. The number of hydrogen-bond donors (Lipinski definition) is 1. The standard InChI is InChI=1S/C24H24N4O3S2/c1-16(17-9-4-3-5-10-17)28-23(30)19(33-24(28)32)15-18-21(25-12-8-14-31-2)26-20-11-6-7-13-27(20)22(18)29/h3-7,9-11,13,15-16,25H,8,12,14H2,1-2H3/b19-15-. The van der Waals surface area contributed by atoms with Crippen LogP contribution in [0.15, 0.2) is 64.4 Å². The Hall–Kier alpha value is -3.01. The van der Waals surface area contributed by atoms with Gasteiger partial charge in [0.25, 0.3) is 11.5 Å². The molecule has 3 aromatic rings. The second-order valence-corrected chi connectivity index (χ2v) is 9.20. The van der Waals surface area contributed by atoms with E-state index in [0.29, 0.717) is 39.4 Å². The van der Waals surface area contributed by atoms with Gasteiger partial charge in [-0.15, -0.1) is 0 Å². The predicted molar refractivity (Wildman–Crippen MR) is 136 cm³/mol. The number of methoxy groups -OCH3 is 1. The van der Waals surface area contributed by atoms with Crippen molar-refractivity contribution in [3.8, 4) is 0 Å². The van der Waals surface area contributed by atoms with Gasteiger partial charge in [0.2, 0.25) is 0 Å². The fraction of sp³-hybridized carbons (Fsp3) is 0.250. The largest absolute Gasteiger partial charge is 0.385 e. The second-order valence-electron chi connectivity index (χ2n) is 7.52. The Kier molecular flexibility index (Phi) is 7.22. The minimum Gasteiger partial charge on any atom is -0.385 e. The van der Waals surface area contributed by atoms with E-state index in [-0.39, 0.29) is 17.5 Å². The molecule has 0 aliphatic carbocycles. The number of rotatable bonds is 8. The molecular weight excluding hydrogens is 456 g/mol. The summed E-state index contributed by atoms with van der Waals surface area (Å²) in [4.78, 5) is 33.2. The highest BCUT2D eigenvalue weighted by Crippen LogP contribution is 2.38. The molecule has 0 spiro atoms. The van der Waals surface area contributed by atoms with Crippen molar-refractivity contribution in [3.05, 3.63) is 81.1 Å². The van der Waals surface area contributed by atoms with Gasteiger partial charge in [-0.2, -0.15) is 0 Å². The third-order valence-corrected chi connectivity index (χ3v) is 6.69. The number of thiocarbonyl (C=S) groups is 1. The molecule has 1 fully saturated rings. The number of anilines is 1. The van der Waals surface area contributed by atoms with Crippen molar-refractivity contribution in [3.63, 3.8) is 0 Å². The van der Waals surface area contributed by atoms with Gasteiger partial charge in [0.1, 0.15) is 15.8 Å². The number of nitrogens with zero attached hydrogens (tertiary/aromatic N) is 3. The van der Waals surface area contributed by atoms with Crippen LogP contribution < -0.4 is 10.9 Å². The van der Waals surface area contributed by atoms with Crippen LogP contribution in [0.5, 0.6) is 0 Å². The molecule has 2 aromatic heterocycles. The lowest BCUT2D eigenvalue weighted by molar-refractivity contribution is -0.123. The van der Waals surface area contributed by atoms with E-state index in [9.17, 15) is 9.59 Å². The summed E-state index contributed by atoms with van der Waals surface area (Å²) in [5.74, 6) is 0.216. The van der Waals surface area contributed by atoms with Crippen LogP contribution in [0.25, 0.3) is 11.7 Å². The van der Waals surface area contributed by atoms with Crippen LogP contribution in [-0.2, 0) is 9.53 Å². The second kappa shape index (κ2) is 10.3. The van der Waals surface area contributed by atoms with Crippen molar-refractivity contribution in [1.82, 2.24) is 14.3 Å². The third kappa shape index (κ3) is 4.85. The minimum absolute atomic E-state index is 0.216. The van der Waals surface area contributed by atoms with E-state index >= 15 is 0 Å². The number of aromatic nitrogens is 2. The zero-order chi connectivity index (χ0) is 23.4. The topological polar surface area (TPSA) is 75.9 Å². The molecule has 4 rings (SSSR count). The fourth-order valence-corrected chi connectivity index (χ4v) is 5.02. The summed E-state index contributed by atoms with van der Waals surface area (Å²) < 4.78 is 7.04. The van der Waals surface area contributed by atoms with E-state index in [1.807, 2.05) is 43.3 Å². The smallest absolute Gasteiger partial charge is 0.267 e. The zero-order valence-electron chi connectivity index (χ0n) is 18.4. The highest BCUT2D eigenvalue weighted by atomic mass is 32.2. The minimum atomic E-state index is -0.254. The molecule has 170 valence electrons. The van der Waals surface area contributed by atoms with Crippen LogP contribution in [0.1, 0.15) is 30.5 Å². The molecule has 7 nitrogen and oxygen atoms in total. The molecule has 0 radical (unpaired) electrons. The molecule has 1 unspecified atom stereocenters. The number of carbonyl (C=O) groups is 1. The van der Waals surface area contributed by atoms with Gasteiger partial charge in [-0.25, -0.2) is 4.98 Å². The molecule has 0 saturated carbocycles. The van der Waals surface area contributed by atoms with Gasteiger partial charge in [0.15, 0.2) is 0 Å². The van der Waals surface area contributed by atoms with Crippen molar-refractivity contribution in [2.45, 2.75) is 19.4 Å². The molecule has 1 aromatic carbocycles. The van der Waals surface area contributed by atoms with Crippen LogP contribution in [0.4, 0.5) is 5.82 Å². The maximum Gasteiger partial charge on any atom is 0.267 e. The summed E-state index contributed by atoms with van der Waals surface area (Å²) in [5, 5.41) is 3.22. The predicted octanol–water partition coefficient (Wildman–Crippen LogP) is 4.11. The highest BCUT2D eigenvalue weighted by Gasteiger charge is 2.36. The molecule has 0 bridgehead atoms. The van der Waals surface area contributed by atoms with Gasteiger partial charge in [-0.1, -0.05) is 60.4 Å². The number of amides is 1. The quantitative estimate of drug-likeness (QED) is 0.295. The van der Waals surface area contributed by atoms with E-state index < -0.39 is 0 Å². The maximum absolute atomic E-state index is 13.3. The molecule has 1 aliphatic rings. The third-order valence-electron chi connectivity index (χ3n) is 5.35. The van der Waals surface area contributed by atoms with Crippen molar-refractivity contribution in [2.75, 3.05) is 25.6 Å². The molecule has 1 aliphatic heterocycles. The van der Waals surface area contributed by atoms with Crippen molar-refractivity contribution in [1.29, 1.82) is 0 Å². The average molecular weight is 481 g/mol. The summed E-state index contributed by atoms with van der Waals surface area (Å²) in [6.07, 6.45) is 4.02. The molecule has 33 heavy (non-hydrogen) atoms. The molecule has 9 heteroatoms. The van der Waals surface area contributed by atoms with Gasteiger partial charge in [0.05, 0.1) is 16.5 Å². The lowest BCUT2D eigenvalue weighted by Crippen LogP contribution is -2.31. The lowest BCUT2D eigenvalue weighted by atomic mass is 10.1. The number of fused-ring (bicyclic) bond motifs is 1. The number of ether oxygens (including phenoxy) is 1. The Labute approximate surface area is 201 Å². The molecule has 1 amide bonds. The van der Waals surface area contributed by atoms with Gasteiger partial charge < -0.3 is 10.1 Å². The molecule has 1 atom stereocenters. The van der Waals surface area contributed by atoms with Gasteiger partial charge >= 0.3 is 0 Å². The zero-order valence-corrected chi connectivity index (χ0v) is 20.0. The first kappa shape index (κ1) is 23.2. The van der Waals surface area contributed by atoms with Crippen LogP contribution in [-0.4, -0.2) is 44.8 Å². The number of benzene rings is 1. The van der Waals surface area contributed by atoms with Gasteiger partial charge in [0, 0.05) is 26.5 Å². The maximum atomic E-state index is 13.3. The highest BCUT2D eigenvalue weighted by molar-refractivity contribution is 8.26. The Balaban J connectivity index is 1.71. The molecule has 1 saturated heterocycles. The van der Waals surface area contributed by atoms with E-state index in [1.165, 1.54) is 16.2 Å². The average Bonchev–Trinajstić information content (AvgIpc) is 3.11. The summed E-state index contributed by atoms with van der Waals surface area (Å²) in [6.45, 7) is 3.11. The van der Waals surface area contributed by atoms with Gasteiger partial charge in [-0.05, 0) is 37.1 Å². The normalized spacial score (nSPS) is 16.1. The molecule has 1 N–H and O–H groups in total. The van der Waals surface area contributed by atoms with Crippen LogP contribution >= 0.6 is 24.0 Å². The van der Waals surface area contributed by atoms with E-state index in [2.05, 4.69) is 10.3 Å². The molecule has 3 heterocycles. The number of thioether (sulfide) groups is 1. The molecular formula is C24H24N4O3S2. The number of hydrogen-bond acceptors (Lipinski definition) is 7. The Bertz CT molecular complexity index is 1270. The number of pyridine rings is 1. The Morgan fingerprint density at radius 1 is 1.18 bits per heavy atom.